The number of rotatable bonds is 5. The number of hydrogen-bond donors (Lipinski definition) is 1. The fourth-order valence-electron chi connectivity index (χ4n) is 2.13. The van der Waals surface area contributed by atoms with Crippen molar-refractivity contribution in [3.05, 3.63) is 65.7 Å². The van der Waals surface area contributed by atoms with Gasteiger partial charge in [0.25, 0.3) is 0 Å². The predicted octanol–water partition coefficient (Wildman–Crippen LogP) is 4.04. The lowest BCUT2D eigenvalue weighted by atomic mass is 9.92. The average Bonchev–Trinajstić information content (AvgIpc) is 2.53. The zero-order valence-corrected chi connectivity index (χ0v) is 15.4. The van der Waals surface area contributed by atoms with Crippen molar-refractivity contribution in [1.29, 1.82) is 0 Å². The summed E-state index contributed by atoms with van der Waals surface area (Å²) in [6.07, 6.45) is 4.45. The van der Waals surface area contributed by atoms with Crippen molar-refractivity contribution >= 4 is 40.9 Å². The molecule has 6 heteroatoms. The quantitative estimate of drug-likeness (QED) is 0.442. The molecular formula is C16H19FIN3S. The first-order valence-corrected chi connectivity index (χ1v) is 7.93. The standard InChI is InChI=1S/C16H18FN3S.HI/c1-21-16(18)20-11-9-14(15-4-2-3-10-19-15)12-5-7-13(17)8-6-12;/h2-8,10,14H,9,11H2,1H3,(H2,18,20);1H. The van der Waals surface area contributed by atoms with Crippen LogP contribution < -0.4 is 5.73 Å². The minimum Gasteiger partial charge on any atom is -0.379 e. The minimum absolute atomic E-state index is 0. The molecule has 2 aromatic rings. The predicted molar refractivity (Wildman–Crippen MR) is 103 cm³/mol. The van der Waals surface area contributed by atoms with Gasteiger partial charge >= 0.3 is 0 Å². The molecule has 0 radical (unpaired) electrons. The lowest BCUT2D eigenvalue weighted by Gasteiger charge is -2.16. The van der Waals surface area contributed by atoms with Crippen LogP contribution >= 0.6 is 35.7 Å². The molecule has 0 fully saturated rings. The van der Waals surface area contributed by atoms with Gasteiger partial charge in [-0.25, -0.2) is 4.39 Å². The van der Waals surface area contributed by atoms with Gasteiger partial charge in [-0.1, -0.05) is 30.0 Å². The van der Waals surface area contributed by atoms with Crippen LogP contribution in [0.15, 0.2) is 53.7 Å². The number of thioether (sulfide) groups is 1. The number of amidine groups is 1. The number of benzene rings is 1. The number of nitrogens with two attached hydrogens (primary N) is 1. The van der Waals surface area contributed by atoms with Gasteiger partial charge in [0.05, 0.1) is 0 Å². The van der Waals surface area contributed by atoms with Crippen molar-refractivity contribution in [2.75, 3.05) is 12.8 Å². The van der Waals surface area contributed by atoms with Crippen LogP contribution in [0.5, 0.6) is 0 Å². The summed E-state index contributed by atoms with van der Waals surface area (Å²) in [4.78, 5) is 8.72. The molecule has 0 aliphatic carbocycles. The molecule has 0 saturated carbocycles. The van der Waals surface area contributed by atoms with E-state index in [1.54, 1.807) is 18.3 Å². The van der Waals surface area contributed by atoms with Gasteiger partial charge in [0.15, 0.2) is 5.17 Å². The van der Waals surface area contributed by atoms with E-state index in [0.29, 0.717) is 11.7 Å². The Kier molecular flexibility index (Phi) is 8.40. The van der Waals surface area contributed by atoms with Crippen LogP contribution in [-0.2, 0) is 0 Å². The smallest absolute Gasteiger partial charge is 0.153 e. The van der Waals surface area contributed by atoms with E-state index in [2.05, 4.69) is 9.98 Å². The highest BCUT2D eigenvalue weighted by Gasteiger charge is 2.15. The van der Waals surface area contributed by atoms with Crippen molar-refractivity contribution in [2.24, 2.45) is 10.7 Å². The van der Waals surface area contributed by atoms with Gasteiger partial charge < -0.3 is 5.73 Å². The largest absolute Gasteiger partial charge is 0.379 e. The molecular weight excluding hydrogens is 412 g/mol. The Morgan fingerprint density at radius 2 is 2.00 bits per heavy atom. The molecule has 1 aromatic carbocycles. The van der Waals surface area contributed by atoms with Gasteiger partial charge in [-0.15, -0.1) is 24.0 Å². The van der Waals surface area contributed by atoms with Crippen LogP contribution in [0.4, 0.5) is 4.39 Å². The maximum atomic E-state index is 13.1. The summed E-state index contributed by atoms with van der Waals surface area (Å²) >= 11 is 1.43. The fourth-order valence-corrected chi connectivity index (χ4v) is 2.35. The third-order valence-electron chi connectivity index (χ3n) is 3.21. The van der Waals surface area contributed by atoms with E-state index >= 15 is 0 Å². The minimum atomic E-state index is -0.233. The number of nitrogens with zero attached hydrogens (tertiary/aromatic N) is 2. The third-order valence-corrected chi connectivity index (χ3v) is 3.76. The summed E-state index contributed by atoms with van der Waals surface area (Å²) in [7, 11) is 0. The Balaban J connectivity index is 0.00000242. The summed E-state index contributed by atoms with van der Waals surface area (Å²) in [6, 6.07) is 12.4. The second-order valence-corrected chi connectivity index (χ2v) is 5.40. The zero-order valence-electron chi connectivity index (χ0n) is 12.3. The molecule has 2 rings (SSSR count). The van der Waals surface area contributed by atoms with Gasteiger partial charge in [-0.05, 0) is 42.5 Å². The maximum Gasteiger partial charge on any atom is 0.153 e. The Morgan fingerprint density at radius 1 is 1.27 bits per heavy atom. The molecule has 2 N–H and O–H groups in total. The molecule has 0 saturated heterocycles. The van der Waals surface area contributed by atoms with Gasteiger partial charge in [0.1, 0.15) is 5.82 Å². The number of halogens is 2. The first-order valence-electron chi connectivity index (χ1n) is 6.71. The van der Waals surface area contributed by atoms with Crippen LogP contribution in [0.3, 0.4) is 0 Å². The number of pyridine rings is 1. The molecule has 3 nitrogen and oxygen atoms in total. The first kappa shape index (κ1) is 18.9. The lowest BCUT2D eigenvalue weighted by molar-refractivity contribution is 0.624. The topological polar surface area (TPSA) is 51.3 Å². The van der Waals surface area contributed by atoms with Gasteiger partial charge in [-0.2, -0.15) is 0 Å². The normalized spacial score (nSPS) is 12.5. The van der Waals surface area contributed by atoms with Crippen molar-refractivity contribution in [1.82, 2.24) is 4.98 Å². The molecule has 1 aromatic heterocycles. The van der Waals surface area contributed by atoms with Gasteiger partial charge in [-0.3, -0.25) is 9.98 Å². The number of aliphatic imine (C=N–C) groups is 1. The van der Waals surface area contributed by atoms with E-state index < -0.39 is 0 Å². The van der Waals surface area contributed by atoms with Crippen LogP contribution in [0, 0.1) is 5.82 Å². The van der Waals surface area contributed by atoms with Crippen molar-refractivity contribution < 1.29 is 4.39 Å². The van der Waals surface area contributed by atoms with Gasteiger partial charge in [0, 0.05) is 24.4 Å². The fraction of sp³-hybridized carbons (Fsp3) is 0.250. The lowest BCUT2D eigenvalue weighted by Crippen LogP contribution is -2.09. The molecule has 0 spiro atoms. The SMILES string of the molecule is CSC(N)=NCCC(c1ccc(F)cc1)c1ccccn1.I. The Bertz CT molecular complexity index is 590. The van der Waals surface area contributed by atoms with Crippen LogP contribution in [0.2, 0.25) is 0 Å². The van der Waals surface area contributed by atoms with Crippen molar-refractivity contribution in [2.45, 2.75) is 12.3 Å². The highest BCUT2D eigenvalue weighted by Crippen LogP contribution is 2.26. The van der Waals surface area contributed by atoms with Gasteiger partial charge in [0.2, 0.25) is 0 Å². The first-order chi connectivity index (χ1) is 10.2. The average molecular weight is 431 g/mol. The van der Waals surface area contributed by atoms with Crippen LogP contribution in [0.25, 0.3) is 0 Å². The summed E-state index contributed by atoms with van der Waals surface area (Å²) in [6.45, 7) is 0.616. The molecule has 1 unspecified atom stereocenters. The van der Waals surface area contributed by atoms with E-state index in [-0.39, 0.29) is 35.7 Å². The van der Waals surface area contributed by atoms with E-state index in [1.807, 2.05) is 24.5 Å². The van der Waals surface area contributed by atoms with E-state index in [1.165, 1.54) is 23.9 Å². The van der Waals surface area contributed by atoms with Crippen molar-refractivity contribution in [3.63, 3.8) is 0 Å². The second-order valence-electron chi connectivity index (χ2n) is 4.57. The monoisotopic (exact) mass is 431 g/mol. The van der Waals surface area contributed by atoms with E-state index in [4.69, 9.17) is 5.73 Å². The van der Waals surface area contributed by atoms with Crippen LogP contribution in [-0.4, -0.2) is 23.0 Å². The van der Waals surface area contributed by atoms with E-state index in [9.17, 15) is 4.39 Å². The molecule has 1 heterocycles. The number of aromatic nitrogens is 1. The molecule has 118 valence electrons. The summed E-state index contributed by atoms with van der Waals surface area (Å²) in [5.74, 6) is -0.145. The molecule has 0 bridgehead atoms. The Labute approximate surface area is 151 Å². The van der Waals surface area contributed by atoms with E-state index in [0.717, 1.165) is 17.7 Å². The maximum absolute atomic E-state index is 13.1. The molecule has 1 atom stereocenters. The second kappa shape index (κ2) is 9.78. The summed E-state index contributed by atoms with van der Waals surface area (Å²) < 4.78 is 13.1. The summed E-state index contributed by atoms with van der Waals surface area (Å²) in [5, 5.41) is 0.578. The number of hydrogen-bond acceptors (Lipinski definition) is 3. The Morgan fingerprint density at radius 3 is 2.59 bits per heavy atom. The highest BCUT2D eigenvalue weighted by atomic mass is 127. The summed E-state index contributed by atoms with van der Waals surface area (Å²) in [5.41, 5.74) is 7.70. The molecule has 0 aliphatic heterocycles. The zero-order chi connectivity index (χ0) is 15.1. The highest BCUT2D eigenvalue weighted by molar-refractivity contribution is 14.0. The third kappa shape index (κ3) is 5.57. The Hall–Kier alpha value is -1.15. The molecule has 0 amide bonds. The van der Waals surface area contributed by atoms with Crippen molar-refractivity contribution in [3.8, 4) is 0 Å². The molecule has 22 heavy (non-hydrogen) atoms. The molecule has 0 aliphatic rings. The van der Waals surface area contributed by atoms with Crippen LogP contribution in [0.1, 0.15) is 23.6 Å².